The molecule has 1 aromatic carbocycles. The molecule has 0 aliphatic rings. The molecule has 5 heteroatoms. The number of rotatable bonds is 4. The molecule has 1 aromatic heterocycles. The van der Waals surface area contributed by atoms with Crippen LogP contribution >= 0.6 is 0 Å². The maximum Gasteiger partial charge on any atom is 0.323 e. The van der Waals surface area contributed by atoms with Gasteiger partial charge < -0.3 is 9.52 Å². The number of hydrogen-bond donors (Lipinski definition) is 2. The van der Waals surface area contributed by atoms with Crippen LogP contribution in [0.5, 0.6) is 0 Å². The van der Waals surface area contributed by atoms with Crippen LogP contribution in [0.25, 0.3) is 11.1 Å². The van der Waals surface area contributed by atoms with E-state index in [1.807, 2.05) is 18.2 Å². The first-order chi connectivity index (χ1) is 8.38. The normalized spacial score (nSPS) is 11.9. The van der Waals surface area contributed by atoms with E-state index in [1.54, 1.807) is 20.8 Å². The van der Waals surface area contributed by atoms with Gasteiger partial charge in [0.05, 0.1) is 0 Å². The van der Waals surface area contributed by atoms with E-state index in [-0.39, 0.29) is 0 Å². The van der Waals surface area contributed by atoms with Gasteiger partial charge in [-0.2, -0.15) is 0 Å². The molecule has 0 aliphatic carbocycles. The number of aromatic nitrogens is 1. The van der Waals surface area contributed by atoms with Gasteiger partial charge in [0.2, 0.25) is 0 Å². The second-order valence-electron chi connectivity index (χ2n) is 4.82. The minimum atomic E-state index is -0.952. The lowest BCUT2D eigenvalue weighted by Gasteiger charge is -2.20. The smallest absolute Gasteiger partial charge is 0.323 e. The fourth-order valence-electron chi connectivity index (χ4n) is 1.59. The van der Waals surface area contributed by atoms with E-state index in [9.17, 15) is 4.79 Å². The topological polar surface area (TPSA) is 75.4 Å². The summed E-state index contributed by atoms with van der Waals surface area (Å²) in [5.41, 5.74) is 1.55. The van der Waals surface area contributed by atoms with Crippen molar-refractivity contribution in [1.82, 2.24) is 10.3 Å². The second kappa shape index (κ2) is 4.42. The quantitative estimate of drug-likeness (QED) is 0.866. The highest BCUT2D eigenvalue weighted by Crippen LogP contribution is 2.17. The van der Waals surface area contributed by atoms with Crippen LogP contribution in [-0.2, 0) is 11.3 Å². The van der Waals surface area contributed by atoms with E-state index in [0.29, 0.717) is 12.4 Å². The Morgan fingerprint density at radius 1 is 1.50 bits per heavy atom. The van der Waals surface area contributed by atoms with Crippen molar-refractivity contribution in [3.63, 3.8) is 0 Å². The summed E-state index contributed by atoms with van der Waals surface area (Å²) in [4.78, 5) is 15.2. The molecule has 1 heterocycles. The molecular formula is C13H16N2O3. The largest absolute Gasteiger partial charge is 0.480 e. The molecule has 0 atom stereocenters. The number of hydrogen-bond acceptors (Lipinski definition) is 4. The number of carboxylic acids is 1. The molecule has 18 heavy (non-hydrogen) atoms. The number of nitrogens with one attached hydrogen (secondary N) is 1. The first-order valence-electron chi connectivity index (χ1n) is 5.73. The molecule has 2 N–H and O–H groups in total. The summed E-state index contributed by atoms with van der Waals surface area (Å²) in [6.45, 7) is 5.53. The Bertz CT molecular complexity index is 587. The highest BCUT2D eigenvalue weighted by atomic mass is 16.4. The van der Waals surface area contributed by atoms with Crippen LogP contribution in [0.15, 0.2) is 22.6 Å². The molecule has 2 aromatic rings. The van der Waals surface area contributed by atoms with Crippen LogP contribution in [0.3, 0.4) is 0 Å². The average Bonchev–Trinajstić information content (AvgIpc) is 2.65. The molecule has 0 radical (unpaired) electrons. The number of carboxylic acid groups (broad SMARTS) is 1. The molecular weight excluding hydrogens is 232 g/mol. The number of carbonyl (C=O) groups is 1. The van der Waals surface area contributed by atoms with Gasteiger partial charge in [0.1, 0.15) is 11.1 Å². The third-order valence-electron chi connectivity index (χ3n) is 2.83. The summed E-state index contributed by atoms with van der Waals surface area (Å²) >= 11 is 0. The zero-order valence-corrected chi connectivity index (χ0v) is 10.7. The van der Waals surface area contributed by atoms with Gasteiger partial charge in [-0.3, -0.25) is 10.1 Å². The Hall–Kier alpha value is -1.88. The maximum absolute atomic E-state index is 11.0. The second-order valence-corrected chi connectivity index (χ2v) is 4.82. The molecule has 2 rings (SSSR count). The molecule has 0 unspecified atom stereocenters. The molecule has 96 valence electrons. The fraction of sp³-hybridized carbons (Fsp3) is 0.385. The summed E-state index contributed by atoms with van der Waals surface area (Å²) in [6.07, 6.45) is 0. The van der Waals surface area contributed by atoms with Gasteiger partial charge in [-0.05, 0) is 31.5 Å². The Kier molecular flexibility index (Phi) is 3.09. The van der Waals surface area contributed by atoms with E-state index in [1.165, 1.54) is 0 Å². The summed E-state index contributed by atoms with van der Waals surface area (Å²) in [6, 6.07) is 5.66. The molecule has 0 amide bonds. The fourth-order valence-corrected chi connectivity index (χ4v) is 1.59. The van der Waals surface area contributed by atoms with Gasteiger partial charge in [0.25, 0.3) is 0 Å². The maximum atomic E-state index is 11.0. The third-order valence-corrected chi connectivity index (χ3v) is 2.83. The molecule has 0 bridgehead atoms. The molecule has 5 nitrogen and oxygen atoms in total. The lowest BCUT2D eigenvalue weighted by molar-refractivity contribution is -0.143. The van der Waals surface area contributed by atoms with E-state index in [4.69, 9.17) is 9.52 Å². The Morgan fingerprint density at radius 2 is 2.22 bits per heavy atom. The van der Waals surface area contributed by atoms with Gasteiger partial charge in [0.15, 0.2) is 11.5 Å². The predicted octanol–water partition coefficient (Wildman–Crippen LogP) is 2.09. The van der Waals surface area contributed by atoms with E-state index >= 15 is 0 Å². The van der Waals surface area contributed by atoms with E-state index < -0.39 is 11.5 Å². The number of benzene rings is 1. The van der Waals surface area contributed by atoms with Gasteiger partial charge in [-0.25, -0.2) is 4.98 Å². The van der Waals surface area contributed by atoms with Gasteiger partial charge in [-0.1, -0.05) is 6.07 Å². The lowest BCUT2D eigenvalue weighted by Crippen LogP contribution is -2.46. The number of aryl methyl sites for hydroxylation is 1. The van der Waals surface area contributed by atoms with E-state index in [2.05, 4.69) is 10.3 Å². The van der Waals surface area contributed by atoms with Crippen molar-refractivity contribution in [2.45, 2.75) is 32.9 Å². The van der Waals surface area contributed by atoms with Crippen molar-refractivity contribution in [3.8, 4) is 0 Å². The number of fused-ring (bicyclic) bond motifs is 1. The number of nitrogens with zero attached hydrogens (tertiary/aromatic N) is 1. The van der Waals surface area contributed by atoms with Crippen LogP contribution in [0, 0.1) is 6.92 Å². The van der Waals surface area contributed by atoms with Gasteiger partial charge >= 0.3 is 5.97 Å². The van der Waals surface area contributed by atoms with Crippen LogP contribution in [0.1, 0.15) is 25.3 Å². The van der Waals surface area contributed by atoms with Crippen LogP contribution in [-0.4, -0.2) is 21.6 Å². The van der Waals surface area contributed by atoms with Crippen LogP contribution in [0.2, 0.25) is 0 Å². The zero-order chi connectivity index (χ0) is 13.3. The standard InChI is InChI=1S/C13H16N2O3/c1-8-15-10-5-4-9(6-11(10)18-8)7-14-13(2,3)12(16)17/h4-6,14H,7H2,1-3H3,(H,16,17). The SMILES string of the molecule is Cc1nc2ccc(CNC(C)(C)C(=O)O)cc2o1. The van der Waals surface area contributed by atoms with Crippen molar-refractivity contribution < 1.29 is 14.3 Å². The minimum absolute atomic E-state index is 0.467. The molecule has 0 fully saturated rings. The first kappa shape index (κ1) is 12.6. The van der Waals surface area contributed by atoms with Crippen LogP contribution in [0.4, 0.5) is 0 Å². The minimum Gasteiger partial charge on any atom is -0.480 e. The average molecular weight is 248 g/mol. The molecule has 0 aliphatic heterocycles. The number of aliphatic carboxylic acids is 1. The van der Waals surface area contributed by atoms with Crippen molar-refractivity contribution in [2.24, 2.45) is 0 Å². The lowest BCUT2D eigenvalue weighted by atomic mass is 10.1. The van der Waals surface area contributed by atoms with Crippen LogP contribution < -0.4 is 5.32 Å². The van der Waals surface area contributed by atoms with Crippen molar-refractivity contribution in [2.75, 3.05) is 0 Å². The van der Waals surface area contributed by atoms with Crippen molar-refractivity contribution >= 4 is 17.1 Å². The summed E-state index contributed by atoms with van der Waals surface area (Å²) in [5, 5.41) is 12.0. The highest BCUT2D eigenvalue weighted by molar-refractivity contribution is 5.77. The van der Waals surface area contributed by atoms with E-state index in [0.717, 1.165) is 16.7 Å². The molecule has 0 saturated heterocycles. The Morgan fingerprint density at radius 3 is 2.89 bits per heavy atom. The van der Waals surface area contributed by atoms with Gasteiger partial charge in [0, 0.05) is 13.5 Å². The van der Waals surface area contributed by atoms with Crippen molar-refractivity contribution in [1.29, 1.82) is 0 Å². The zero-order valence-electron chi connectivity index (χ0n) is 10.7. The summed E-state index contributed by atoms with van der Waals surface area (Å²) in [7, 11) is 0. The van der Waals surface area contributed by atoms with Gasteiger partial charge in [-0.15, -0.1) is 0 Å². The third kappa shape index (κ3) is 2.51. The summed E-state index contributed by atoms with van der Waals surface area (Å²) in [5.74, 6) is -0.250. The predicted molar refractivity (Wildman–Crippen MR) is 67.3 cm³/mol. The Labute approximate surface area is 105 Å². The monoisotopic (exact) mass is 248 g/mol. The van der Waals surface area contributed by atoms with Crippen molar-refractivity contribution in [3.05, 3.63) is 29.7 Å². The Balaban J connectivity index is 2.15. The molecule has 0 saturated carbocycles. The number of oxazole rings is 1. The first-order valence-corrected chi connectivity index (χ1v) is 5.73. The highest BCUT2D eigenvalue weighted by Gasteiger charge is 2.25. The molecule has 0 spiro atoms. The summed E-state index contributed by atoms with van der Waals surface area (Å²) < 4.78 is 5.43.